The third-order valence-electron chi connectivity index (χ3n) is 1.80. The average molecular weight is 179 g/mol. The van der Waals surface area contributed by atoms with Crippen molar-refractivity contribution in [1.82, 2.24) is 5.16 Å². The Morgan fingerprint density at radius 2 is 2.17 bits per heavy atom. The number of benzene rings is 1. The summed E-state index contributed by atoms with van der Waals surface area (Å²) in [6.07, 6.45) is 0.861. The number of aryl methyl sites for hydroxylation is 1. The molecule has 0 aliphatic carbocycles. The molecule has 3 heteroatoms. The van der Waals surface area contributed by atoms with Crippen LogP contribution in [0.3, 0.4) is 0 Å². The number of fused-ring (bicyclic) bond motifs is 1. The largest absolute Gasteiger partial charge is 0.356 e. The van der Waals surface area contributed by atoms with Crippen LogP contribution in [0.2, 0.25) is 0 Å². The first-order valence-corrected chi connectivity index (χ1v) is 4.49. The summed E-state index contributed by atoms with van der Waals surface area (Å²) >= 11 is 4.15. The summed E-state index contributed by atoms with van der Waals surface area (Å²) in [5, 5.41) is 5.06. The topological polar surface area (TPSA) is 26.0 Å². The Labute approximate surface area is 76.0 Å². The van der Waals surface area contributed by atoms with Crippen molar-refractivity contribution in [2.45, 2.75) is 6.42 Å². The molecule has 2 nitrogen and oxygen atoms in total. The zero-order valence-electron chi connectivity index (χ0n) is 6.53. The lowest BCUT2D eigenvalue weighted by Gasteiger charge is -1.89. The van der Waals surface area contributed by atoms with Crippen molar-refractivity contribution in [2.75, 3.05) is 5.75 Å². The number of nitrogens with zero attached hydrogens (tertiary/aromatic N) is 1. The molecule has 62 valence electrons. The molecule has 0 atom stereocenters. The molecular formula is C9H9NOS. The Bertz CT molecular complexity index is 383. The van der Waals surface area contributed by atoms with Crippen LogP contribution in [0.5, 0.6) is 0 Å². The summed E-state index contributed by atoms with van der Waals surface area (Å²) in [7, 11) is 0. The molecule has 0 N–H and O–H groups in total. The molecule has 0 fully saturated rings. The monoisotopic (exact) mass is 179 g/mol. The van der Waals surface area contributed by atoms with E-state index in [4.69, 9.17) is 4.52 Å². The van der Waals surface area contributed by atoms with Crippen LogP contribution >= 0.6 is 12.6 Å². The van der Waals surface area contributed by atoms with Gasteiger partial charge in [-0.05, 0) is 17.9 Å². The smallest absolute Gasteiger partial charge is 0.167 e. The lowest BCUT2D eigenvalue weighted by molar-refractivity contribution is 0.447. The average Bonchev–Trinajstić information content (AvgIpc) is 2.50. The molecule has 0 bridgehead atoms. The van der Waals surface area contributed by atoms with Crippen molar-refractivity contribution >= 4 is 23.6 Å². The zero-order valence-corrected chi connectivity index (χ0v) is 7.42. The minimum Gasteiger partial charge on any atom is -0.356 e. The summed E-state index contributed by atoms with van der Waals surface area (Å²) in [4.78, 5) is 0. The highest BCUT2D eigenvalue weighted by Gasteiger charge is 2.04. The number of para-hydroxylation sites is 1. The Balaban J connectivity index is 2.55. The van der Waals surface area contributed by atoms with E-state index < -0.39 is 0 Å². The van der Waals surface area contributed by atoms with Crippen LogP contribution in [0.1, 0.15) is 5.69 Å². The molecule has 2 rings (SSSR count). The molecule has 2 aromatic rings. The molecule has 0 saturated carbocycles. The second kappa shape index (κ2) is 3.19. The normalized spacial score (nSPS) is 10.8. The van der Waals surface area contributed by atoms with Gasteiger partial charge < -0.3 is 4.52 Å². The third kappa shape index (κ3) is 1.20. The fraction of sp³-hybridized carbons (Fsp3) is 0.222. The third-order valence-corrected chi connectivity index (χ3v) is 2.02. The Morgan fingerprint density at radius 1 is 1.33 bits per heavy atom. The van der Waals surface area contributed by atoms with Gasteiger partial charge >= 0.3 is 0 Å². The molecule has 0 saturated heterocycles. The highest BCUT2D eigenvalue weighted by atomic mass is 32.1. The fourth-order valence-corrected chi connectivity index (χ4v) is 1.44. The molecule has 0 aliphatic heterocycles. The van der Waals surface area contributed by atoms with E-state index in [-0.39, 0.29) is 0 Å². The molecule has 1 heterocycles. The predicted octanol–water partition coefficient (Wildman–Crippen LogP) is 2.30. The van der Waals surface area contributed by atoms with Gasteiger partial charge in [0.05, 0.1) is 5.69 Å². The number of hydrogen-bond acceptors (Lipinski definition) is 3. The first-order chi connectivity index (χ1) is 5.92. The number of hydrogen-bond donors (Lipinski definition) is 1. The van der Waals surface area contributed by atoms with Crippen LogP contribution in [0.15, 0.2) is 28.8 Å². The van der Waals surface area contributed by atoms with E-state index in [1.807, 2.05) is 24.3 Å². The molecular weight excluding hydrogens is 170 g/mol. The van der Waals surface area contributed by atoms with Gasteiger partial charge in [0.2, 0.25) is 0 Å². The Kier molecular flexibility index (Phi) is 2.04. The summed E-state index contributed by atoms with van der Waals surface area (Å²) in [5.41, 5.74) is 1.86. The van der Waals surface area contributed by atoms with Crippen molar-refractivity contribution in [3.05, 3.63) is 30.0 Å². The zero-order chi connectivity index (χ0) is 8.39. The predicted molar refractivity (Wildman–Crippen MR) is 51.6 cm³/mol. The highest BCUT2D eigenvalue weighted by Crippen LogP contribution is 2.17. The second-order valence-corrected chi connectivity index (χ2v) is 3.05. The van der Waals surface area contributed by atoms with E-state index in [2.05, 4.69) is 17.8 Å². The first-order valence-electron chi connectivity index (χ1n) is 3.86. The summed E-state index contributed by atoms with van der Waals surface area (Å²) in [6, 6.07) is 7.87. The lowest BCUT2D eigenvalue weighted by atomic mass is 10.2. The van der Waals surface area contributed by atoms with Gasteiger partial charge in [0.15, 0.2) is 5.58 Å². The van der Waals surface area contributed by atoms with Crippen molar-refractivity contribution in [3.63, 3.8) is 0 Å². The van der Waals surface area contributed by atoms with Crippen molar-refractivity contribution < 1.29 is 4.52 Å². The molecule has 0 aliphatic rings. The van der Waals surface area contributed by atoms with Gasteiger partial charge in [-0.3, -0.25) is 0 Å². The van der Waals surface area contributed by atoms with Gasteiger partial charge in [-0.25, -0.2) is 0 Å². The van der Waals surface area contributed by atoms with E-state index in [1.165, 1.54) is 0 Å². The van der Waals surface area contributed by atoms with Crippen molar-refractivity contribution in [3.8, 4) is 0 Å². The minimum absolute atomic E-state index is 0.802. The first kappa shape index (κ1) is 7.68. The van der Waals surface area contributed by atoms with Gasteiger partial charge in [0.1, 0.15) is 0 Å². The van der Waals surface area contributed by atoms with Crippen molar-refractivity contribution in [1.29, 1.82) is 0 Å². The highest BCUT2D eigenvalue weighted by molar-refractivity contribution is 7.80. The fourth-order valence-electron chi connectivity index (χ4n) is 1.22. The molecule has 0 radical (unpaired) electrons. The summed E-state index contributed by atoms with van der Waals surface area (Å²) < 4.78 is 5.12. The number of thiol groups is 1. The molecule has 0 unspecified atom stereocenters. The van der Waals surface area contributed by atoms with Gasteiger partial charge in [0, 0.05) is 11.8 Å². The minimum atomic E-state index is 0.802. The Morgan fingerprint density at radius 3 is 3.00 bits per heavy atom. The maximum Gasteiger partial charge on any atom is 0.167 e. The van der Waals surface area contributed by atoms with E-state index in [0.717, 1.165) is 28.8 Å². The van der Waals surface area contributed by atoms with E-state index in [9.17, 15) is 0 Å². The molecule has 0 amide bonds. The van der Waals surface area contributed by atoms with E-state index >= 15 is 0 Å². The lowest BCUT2D eigenvalue weighted by Crippen LogP contribution is -1.85. The van der Waals surface area contributed by atoms with Crippen LogP contribution in [0.4, 0.5) is 0 Å². The maximum absolute atomic E-state index is 5.12. The van der Waals surface area contributed by atoms with Crippen LogP contribution in [0, 0.1) is 0 Å². The molecule has 12 heavy (non-hydrogen) atoms. The summed E-state index contributed by atoms with van der Waals surface area (Å²) in [6.45, 7) is 0. The number of rotatable bonds is 2. The van der Waals surface area contributed by atoms with Gasteiger partial charge in [0.25, 0.3) is 0 Å². The molecule has 1 aromatic carbocycles. The van der Waals surface area contributed by atoms with Crippen LogP contribution in [0.25, 0.3) is 11.0 Å². The quantitative estimate of drug-likeness (QED) is 0.716. The van der Waals surface area contributed by atoms with Gasteiger partial charge in [-0.2, -0.15) is 12.6 Å². The van der Waals surface area contributed by atoms with E-state index in [0.29, 0.717) is 0 Å². The van der Waals surface area contributed by atoms with Crippen LogP contribution in [-0.2, 0) is 6.42 Å². The Hall–Kier alpha value is -0.960. The maximum atomic E-state index is 5.12. The number of aromatic nitrogens is 1. The SMILES string of the molecule is SCCc1noc2ccccc12. The summed E-state index contributed by atoms with van der Waals surface area (Å²) in [5.74, 6) is 0.802. The standard InChI is InChI=1S/C9H9NOS/c12-6-5-8-7-3-1-2-4-9(7)11-10-8/h1-4,12H,5-6H2. The molecule has 1 aromatic heterocycles. The van der Waals surface area contributed by atoms with Gasteiger partial charge in [-0.15, -0.1) is 0 Å². The van der Waals surface area contributed by atoms with Gasteiger partial charge in [-0.1, -0.05) is 17.3 Å². The van der Waals surface area contributed by atoms with Crippen molar-refractivity contribution in [2.24, 2.45) is 0 Å². The second-order valence-electron chi connectivity index (χ2n) is 2.60. The van der Waals surface area contributed by atoms with E-state index in [1.54, 1.807) is 0 Å². The molecule has 0 spiro atoms. The van der Waals surface area contributed by atoms with Crippen LogP contribution < -0.4 is 0 Å². The van der Waals surface area contributed by atoms with Crippen LogP contribution in [-0.4, -0.2) is 10.9 Å².